The lowest BCUT2D eigenvalue weighted by Gasteiger charge is -2.04. The molecule has 0 saturated heterocycles. The summed E-state index contributed by atoms with van der Waals surface area (Å²) in [6.45, 7) is 0.570. The van der Waals surface area contributed by atoms with Gasteiger partial charge in [-0.25, -0.2) is 13.4 Å². The molecule has 5 nitrogen and oxygen atoms in total. The van der Waals surface area contributed by atoms with Gasteiger partial charge in [0.2, 0.25) is 0 Å². The van der Waals surface area contributed by atoms with Crippen LogP contribution in [0.15, 0.2) is 18.3 Å². The third-order valence-corrected chi connectivity index (χ3v) is 2.93. The van der Waals surface area contributed by atoms with Crippen molar-refractivity contribution in [3.63, 3.8) is 0 Å². The van der Waals surface area contributed by atoms with E-state index in [0.29, 0.717) is 18.7 Å². The summed E-state index contributed by atoms with van der Waals surface area (Å²) in [7, 11) is -2.89. The molecule has 0 amide bonds. The highest BCUT2D eigenvalue weighted by Gasteiger charge is 2.01. The van der Waals surface area contributed by atoms with Crippen molar-refractivity contribution in [2.45, 2.75) is 6.42 Å². The minimum absolute atomic E-state index is 0.170. The lowest BCUT2D eigenvalue weighted by molar-refractivity contribution is 0.600. The SMILES string of the molecule is CS(=O)(=O)CCCNc1ccc(C#N)nc1. The van der Waals surface area contributed by atoms with Crippen LogP contribution in [0.1, 0.15) is 12.1 Å². The van der Waals surface area contributed by atoms with E-state index in [0.717, 1.165) is 5.69 Å². The minimum atomic E-state index is -2.89. The fourth-order valence-electron chi connectivity index (χ4n) is 1.13. The van der Waals surface area contributed by atoms with Gasteiger partial charge in [-0.1, -0.05) is 0 Å². The molecular formula is C10H13N3O2S. The molecule has 1 heterocycles. The van der Waals surface area contributed by atoms with E-state index in [1.165, 1.54) is 6.26 Å². The predicted octanol–water partition coefficient (Wildman–Crippen LogP) is 0.800. The Labute approximate surface area is 95.0 Å². The zero-order valence-corrected chi connectivity index (χ0v) is 9.79. The number of pyridine rings is 1. The van der Waals surface area contributed by atoms with Crippen molar-refractivity contribution in [2.75, 3.05) is 23.9 Å². The van der Waals surface area contributed by atoms with Crippen LogP contribution in [0, 0.1) is 11.3 Å². The van der Waals surface area contributed by atoms with Crippen LogP contribution in [0.3, 0.4) is 0 Å². The fourth-order valence-corrected chi connectivity index (χ4v) is 1.80. The van der Waals surface area contributed by atoms with Crippen molar-refractivity contribution >= 4 is 15.5 Å². The number of nitriles is 1. The van der Waals surface area contributed by atoms with E-state index in [4.69, 9.17) is 5.26 Å². The van der Waals surface area contributed by atoms with Gasteiger partial charge in [0, 0.05) is 12.8 Å². The van der Waals surface area contributed by atoms with Crippen molar-refractivity contribution in [1.82, 2.24) is 4.98 Å². The molecule has 86 valence electrons. The molecule has 0 radical (unpaired) electrons. The van der Waals surface area contributed by atoms with Crippen molar-refractivity contribution in [3.05, 3.63) is 24.0 Å². The van der Waals surface area contributed by atoms with E-state index in [1.54, 1.807) is 18.3 Å². The van der Waals surface area contributed by atoms with Gasteiger partial charge >= 0.3 is 0 Å². The first-order valence-corrected chi connectivity index (χ1v) is 6.85. The fraction of sp³-hybridized carbons (Fsp3) is 0.400. The molecule has 0 aliphatic carbocycles. The van der Waals surface area contributed by atoms with Crippen LogP contribution < -0.4 is 5.32 Å². The standard InChI is InChI=1S/C10H13N3O2S/c1-16(14,15)6-2-5-12-10-4-3-9(7-11)13-8-10/h3-4,8,12H,2,5-6H2,1H3. The van der Waals surface area contributed by atoms with Gasteiger partial charge in [-0.2, -0.15) is 5.26 Å². The maximum atomic E-state index is 10.8. The first kappa shape index (κ1) is 12.5. The summed E-state index contributed by atoms with van der Waals surface area (Å²) in [6, 6.07) is 5.28. The van der Waals surface area contributed by atoms with E-state index in [9.17, 15) is 8.42 Å². The number of nitrogens with zero attached hydrogens (tertiary/aromatic N) is 2. The van der Waals surface area contributed by atoms with Gasteiger partial charge in [-0.05, 0) is 18.6 Å². The van der Waals surface area contributed by atoms with E-state index in [1.807, 2.05) is 6.07 Å². The van der Waals surface area contributed by atoms with Crippen LogP contribution in [0.5, 0.6) is 0 Å². The maximum absolute atomic E-state index is 10.8. The highest BCUT2D eigenvalue weighted by molar-refractivity contribution is 7.90. The summed E-state index contributed by atoms with van der Waals surface area (Å²) in [6.07, 6.45) is 3.33. The number of nitrogens with one attached hydrogen (secondary N) is 1. The second kappa shape index (κ2) is 5.47. The van der Waals surface area contributed by atoms with Crippen LogP contribution in [-0.4, -0.2) is 32.0 Å². The molecule has 0 spiro atoms. The second-order valence-electron chi connectivity index (χ2n) is 3.45. The summed E-state index contributed by atoms with van der Waals surface area (Å²) in [5.41, 5.74) is 1.15. The van der Waals surface area contributed by atoms with Gasteiger partial charge in [0.1, 0.15) is 21.6 Å². The van der Waals surface area contributed by atoms with Crippen LogP contribution in [-0.2, 0) is 9.84 Å². The molecule has 1 N–H and O–H groups in total. The third kappa shape index (κ3) is 4.75. The van der Waals surface area contributed by atoms with Crippen LogP contribution in [0.25, 0.3) is 0 Å². The van der Waals surface area contributed by atoms with Crippen LogP contribution in [0.2, 0.25) is 0 Å². The Morgan fingerprint density at radius 3 is 2.75 bits per heavy atom. The molecule has 0 aliphatic rings. The second-order valence-corrected chi connectivity index (χ2v) is 5.71. The quantitative estimate of drug-likeness (QED) is 0.768. The molecule has 16 heavy (non-hydrogen) atoms. The zero-order valence-electron chi connectivity index (χ0n) is 8.97. The average molecular weight is 239 g/mol. The third-order valence-electron chi connectivity index (χ3n) is 1.90. The molecule has 0 fully saturated rings. The number of anilines is 1. The van der Waals surface area contributed by atoms with Gasteiger partial charge < -0.3 is 5.32 Å². The normalized spacial score (nSPS) is 10.8. The molecule has 6 heteroatoms. The summed E-state index contributed by atoms with van der Waals surface area (Å²) in [5.74, 6) is 0.170. The Balaban J connectivity index is 2.36. The molecule has 0 aliphatic heterocycles. The van der Waals surface area contributed by atoms with Gasteiger partial charge in [-0.15, -0.1) is 0 Å². The van der Waals surface area contributed by atoms with E-state index in [2.05, 4.69) is 10.3 Å². The van der Waals surface area contributed by atoms with Crippen LogP contribution in [0.4, 0.5) is 5.69 Å². The summed E-state index contributed by atoms with van der Waals surface area (Å²) in [5, 5.41) is 11.6. The summed E-state index contributed by atoms with van der Waals surface area (Å²) < 4.78 is 21.7. The first-order chi connectivity index (χ1) is 7.51. The van der Waals surface area contributed by atoms with Gasteiger partial charge in [0.15, 0.2) is 0 Å². The molecule has 0 unspecified atom stereocenters. The first-order valence-electron chi connectivity index (χ1n) is 4.79. The lowest BCUT2D eigenvalue weighted by atomic mass is 10.3. The van der Waals surface area contributed by atoms with Crippen LogP contribution >= 0.6 is 0 Å². The predicted molar refractivity (Wildman–Crippen MR) is 61.8 cm³/mol. The van der Waals surface area contributed by atoms with Crippen molar-refractivity contribution in [3.8, 4) is 6.07 Å². The molecule has 0 saturated carbocycles. The Bertz CT molecular complexity index is 474. The maximum Gasteiger partial charge on any atom is 0.147 e. The number of hydrogen-bond acceptors (Lipinski definition) is 5. The molecule has 0 atom stereocenters. The largest absolute Gasteiger partial charge is 0.384 e. The lowest BCUT2D eigenvalue weighted by Crippen LogP contribution is -2.09. The number of aromatic nitrogens is 1. The molecule has 0 aromatic carbocycles. The molecular weight excluding hydrogens is 226 g/mol. The smallest absolute Gasteiger partial charge is 0.147 e. The Kier molecular flexibility index (Phi) is 4.26. The van der Waals surface area contributed by atoms with Crippen molar-refractivity contribution < 1.29 is 8.42 Å². The zero-order chi connectivity index (χ0) is 12.0. The number of hydrogen-bond donors (Lipinski definition) is 1. The highest BCUT2D eigenvalue weighted by atomic mass is 32.2. The molecule has 0 bridgehead atoms. The van der Waals surface area contributed by atoms with E-state index < -0.39 is 9.84 Å². The van der Waals surface area contributed by atoms with Crippen molar-refractivity contribution in [2.24, 2.45) is 0 Å². The number of rotatable bonds is 5. The van der Waals surface area contributed by atoms with E-state index >= 15 is 0 Å². The monoisotopic (exact) mass is 239 g/mol. The van der Waals surface area contributed by atoms with Crippen molar-refractivity contribution in [1.29, 1.82) is 5.26 Å². The van der Waals surface area contributed by atoms with Gasteiger partial charge in [-0.3, -0.25) is 0 Å². The minimum Gasteiger partial charge on any atom is -0.384 e. The van der Waals surface area contributed by atoms with Gasteiger partial charge in [0.25, 0.3) is 0 Å². The molecule has 1 aromatic heterocycles. The number of sulfone groups is 1. The summed E-state index contributed by atoms with van der Waals surface area (Å²) in [4.78, 5) is 3.88. The molecule has 1 aromatic rings. The summed E-state index contributed by atoms with van der Waals surface area (Å²) >= 11 is 0. The highest BCUT2D eigenvalue weighted by Crippen LogP contribution is 2.05. The Hall–Kier alpha value is -1.61. The Morgan fingerprint density at radius 2 is 2.25 bits per heavy atom. The molecule has 1 rings (SSSR count). The average Bonchev–Trinajstić information content (AvgIpc) is 2.24. The van der Waals surface area contributed by atoms with Gasteiger partial charge in [0.05, 0.1) is 17.6 Å². The Morgan fingerprint density at radius 1 is 1.50 bits per heavy atom. The topological polar surface area (TPSA) is 82.9 Å². The van der Waals surface area contributed by atoms with E-state index in [-0.39, 0.29) is 5.75 Å².